The number of amides is 2. The zero-order chi connectivity index (χ0) is 14.6. The molecule has 0 aliphatic carbocycles. The number of carbonyl (C=O) groups is 3. The van der Waals surface area contributed by atoms with Crippen molar-refractivity contribution in [2.75, 3.05) is 20.2 Å². The van der Waals surface area contributed by atoms with Gasteiger partial charge in [-0.1, -0.05) is 20.8 Å². The van der Waals surface area contributed by atoms with E-state index < -0.39 is 17.4 Å². The average molecular weight is 270 g/mol. The first kappa shape index (κ1) is 15.6. The van der Waals surface area contributed by atoms with Gasteiger partial charge in [0.1, 0.15) is 6.04 Å². The highest BCUT2D eigenvalue weighted by atomic mass is 16.5. The number of nitrogens with zero attached hydrogens (tertiary/aromatic N) is 1. The smallest absolute Gasteiger partial charge is 0.324 e. The molecule has 1 heterocycles. The van der Waals surface area contributed by atoms with Crippen molar-refractivity contribution in [2.24, 2.45) is 5.41 Å². The third kappa shape index (κ3) is 3.53. The van der Waals surface area contributed by atoms with E-state index in [0.717, 1.165) is 11.3 Å². The van der Waals surface area contributed by atoms with Gasteiger partial charge < -0.3 is 10.1 Å². The highest BCUT2D eigenvalue weighted by Gasteiger charge is 2.45. The Morgan fingerprint density at radius 1 is 1.47 bits per heavy atom. The van der Waals surface area contributed by atoms with Crippen LogP contribution in [0.5, 0.6) is 0 Å². The van der Waals surface area contributed by atoms with Crippen LogP contribution < -0.4 is 5.32 Å². The van der Waals surface area contributed by atoms with Crippen molar-refractivity contribution in [1.29, 1.82) is 0 Å². The van der Waals surface area contributed by atoms with E-state index in [2.05, 4.69) is 5.32 Å². The molecule has 0 aromatic rings. The quantitative estimate of drug-likeness (QED) is 0.555. The normalized spacial score (nSPS) is 19.7. The van der Waals surface area contributed by atoms with Gasteiger partial charge in [-0.25, -0.2) is 0 Å². The molecule has 1 atom stereocenters. The van der Waals surface area contributed by atoms with Crippen molar-refractivity contribution in [3.8, 4) is 0 Å². The fraction of sp³-hybridized carbons (Fsp3) is 0.769. The van der Waals surface area contributed by atoms with Crippen molar-refractivity contribution < 1.29 is 19.1 Å². The number of imide groups is 1. The van der Waals surface area contributed by atoms with Gasteiger partial charge in [0.2, 0.25) is 11.8 Å². The number of likely N-dealkylation sites (tertiary alicyclic amines) is 1. The Balaban J connectivity index is 2.76. The fourth-order valence-corrected chi connectivity index (χ4v) is 2.08. The summed E-state index contributed by atoms with van der Waals surface area (Å²) in [5.74, 6) is -0.925. The second-order valence-corrected chi connectivity index (χ2v) is 5.40. The topological polar surface area (TPSA) is 75.7 Å². The number of hydrogen-bond acceptors (Lipinski definition) is 5. The summed E-state index contributed by atoms with van der Waals surface area (Å²) in [7, 11) is 1.29. The third-order valence-electron chi connectivity index (χ3n) is 3.21. The minimum absolute atomic E-state index is 0.0355. The summed E-state index contributed by atoms with van der Waals surface area (Å²) in [6.45, 7) is 6.10. The number of hydrogen-bond donors (Lipinski definition) is 1. The van der Waals surface area contributed by atoms with E-state index in [9.17, 15) is 14.4 Å². The molecule has 2 amide bonds. The number of nitrogens with one attached hydrogen (secondary N) is 1. The Labute approximate surface area is 113 Å². The Bertz CT molecular complexity index is 379. The Hall–Kier alpha value is -1.43. The molecule has 0 aromatic heterocycles. The molecule has 0 spiro atoms. The van der Waals surface area contributed by atoms with Crippen LogP contribution in [0.1, 0.15) is 33.6 Å². The molecule has 0 aromatic carbocycles. The monoisotopic (exact) mass is 270 g/mol. The Morgan fingerprint density at radius 2 is 2.11 bits per heavy atom. The maximum Gasteiger partial charge on any atom is 0.324 e. The number of carbonyl (C=O) groups excluding carboxylic acids is 3. The molecule has 1 fully saturated rings. The van der Waals surface area contributed by atoms with Crippen LogP contribution in [-0.4, -0.2) is 48.9 Å². The van der Waals surface area contributed by atoms with Gasteiger partial charge in [-0.15, -0.1) is 0 Å². The zero-order valence-corrected chi connectivity index (χ0v) is 12.0. The van der Waals surface area contributed by atoms with E-state index in [-0.39, 0.29) is 24.8 Å². The molecule has 0 saturated carbocycles. The van der Waals surface area contributed by atoms with E-state index in [1.54, 1.807) is 13.8 Å². The van der Waals surface area contributed by atoms with Crippen molar-refractivity contribution >= 4 is 17.8 Å². The van der Waals surface area contributed by atoms with Crippen LogP contribution in [0.15, 0.2) is 0 Å². The van der Waals surface area contributed by atoms with Crippen LogP contribution in [0.3, 0.4) is 0 Å². The summed E-state index contributed by atoms with van der Waals surface area (Å²) < 4.78 is 4.69. The summed E-state index contributed by atoms with van der Waals surface area (Å²) in [6, 6.07) is -0.660. The van der Waals surface area contributed by atoms with Crippen molar-refractivity contribution in [2.45, 2.75) is 39.7 Å². The lowest BCUT2D eigenvalue weighted by Gasteiger charge is -2.23. The van der Waals surface area contributed by atoms with Crippen LogP contribution in [0.4, 0.5) is 0 Å². The van der Waals surface area contributed by atoms with Crippen LogP contribution in [0.25, 0.3) is 0 Å². The second-order valence-electron chi connectivity index (χ2n) is 5.40. The van der Waals surface area contributed by atoms with E-state index in [4.69, 9.17) is 4.74 Å². The van der Waals surface area contributed by atoms with E-state index in [1.807, 2.05) is 6.92 Å². The van der Waals surface area contributed by atoms with Crippen LogP contribution in [0, 0.1) is 5.41 Å². The van der Waals surface area contributed by atoms with Crippen LogP contribution >= 0.6 is 0 Å². The Morgan fingerprint density at radius 3 is 2.53 bits per heavy atom. The van der Waals surface area contributed by atoms with Gasteiger partial charge >= 0.3 is 5.97 Å². The minimum Gasteiger partial charge on any atom is -0.468 e. The molecule has 1 unspecified atom stereocenters. The molecule has 1 aliphatic rings. The number of esters is 1. The number of rotatable bonds is 6. The highest BCUT2D eigenvalue weighted by Crippen LogP contribution is 2.31. The second kappa shape index (κ2) is 6.14. The summed E-state index contributed by atoms with van der Waals surface area (Å²) >= 11 is 0. The molecule has 1 N–H and O–H groups in total. The molecule has 19 heavy (non-hydrogen) atoms. The van der Waals surface area contributed by atoms with Gasteiger partial charge in [0.15, 0.2) is 0 Å². The van der Waals surface area contributed by atoms with E-state index in [0.29, 0.717) is 6.54 Å². The van der Waals surface area contributed by atoms with Gasteiger partial charge in [-0.2, -0.15) is 0 Å². The summed E-state index contributed by atoms with van der Waals surface area (Å²) in [4.78, 5) is 36.7. The Kier molecular flexibility index (Phi) is 5.05. The molecule has 6 heteroatoms. The first-order valence-corrected chi connectivity index (χ1v) is 6.49. The lowest BCUT2D eigenvalue weighted by molar-refractivity contribution is -0.146. The molecule has 1 saturated heterocycles. The maximum atomic E-state index is 12.1. The van der Waals surface area contributed by atoms with Gasteiger partial charge in [-0.3, -0.25) is 19.3 Å². The molecule has 1 aliphatic heterocycles. The SMILES string of the molecule is CCCNC(CN1C(=O)CC(C)(C)C1=O)C(=O)OC. The molecule has 1 rings (SSSR count). The molecule has 108 valence electrons. The lowest BCUT2D eigenvalue weighted by atomic mass is 9.92. The molecule has 0 bridgehead atoms. The van der Waals surface area contributed by atoms with Gasteiger partial charge in [-0.05, 0) is 13.0 Å². The highest BCUT2D eigenvalue weighted by molar-refractivity contribution is 6.05. The summed E-state index contributed by atoms with van der Waals surface area (Å²) in [5.41, 5.74) is -0.678. The van der Waals surface area contributed by atoms with Crippen molar-refractivity contribution in [1.82, 2.24) is 10.2 Å². The van der Waals surface area contributed by atoms with Crippen molar-refractivity contribution in [3.05, 3.63) is 0 Å². The van der Waals surface area contributed by atoms with Crippen LogP contribution in [-0.2, 0) is 19.1 Å². The number of methoxy groups -OCH3 is 1. The lowest BCUT2D eigenvalue weighted by Crippen LogP contribution is -2.49. The van der Waals surface area contributed by atoms with Crippen LogP contribution in [0.2, 0.25) is 0 Å². The molecular weight excluding hydrogens is 248 g/mol. The van der Waals surface area contributed by atoms with Crippen molar-refractivity contribution in [3.63, 3.8) is 0 Å². The molecular formula is C13H22N2O4. The largest absolute Gasteiger partial charge is 0.468 e. The maximum absolute atomic E-state index is 12.1. The number of ether oxygens (including phenoxy) is 1. The predicted molar refractivity (Wildman–Crippen MR) is 69.2 cm³/mol. The summed E-state index contributed by atoms with van der Waals surface area (Å²) in [5, 5.41) is 2.99. The molecule has 6 nitrogen and oxygen atoms in total. The minimum atomic E-state index is -0.678. The van der Waals surface area contributed by atoms with Gasteiger partial charge in [0.25, 0.3) is 0 Å². The standard InChI is InChI=1S/C13H22N2O4/c1-5-6-14-9(11(17)19-4)8-15-10(16)7-13(2,3)12(15)18/h9,14H,5-8H2,1-4H3. The van der Waals surface area contributed by atoms with E-state index >= 15 is 0 Å². The fourth-order valence-electron chi connectivity index (χ4n) is 2.08. The van der Waals surface area contributed by atoms with Gasteiger partial charge in [0.05, 0.1) is 19.1 Å². The average Bonchev–Trinajstić information content (AvgIpc) is 2.54. The predicted octanol–water partition coefficient (Wildman–Crippen LogP) is 0.313. The first-order chi connectivity index (χ1) is 8.83. The van der Waals surface area contributed by atoms with E-state index in [1.165, 1.54) is 7.11 Å². The molecule has 0 radical (unpaired) electrons. The first-order valence-electron chi connectivity index (χ1n) is 6.49. The van der Waals surface area contributed by atoms with Gasteiger partial charge in [0, 0.05) is 6.42 Å². The summed E-state index contributed by atoms with van der Waals surface area (Å²) in [6.07, 6.45) is 1.04. The third-order valence-corrected chi connectivity index (χ3v) is 3.21. The zero-order valence-electron chi connectivity index (χ0n) is 12.0.